The molecule has 2 heterocycles. The minimum atomic E-state index is -0.122. The highest BCUT2D eigenvalue weighted by Gasteiger charge is 2.26. The molecule has 0 fully saturated rings. The van der Waals surface area contributed by atoms with E-state index in [9.17, 15) is 4.79 Å². The Hall–Kier alpha value is -1.36. The van der Waals surface area contributed by atoms with E-state index >= 15 is 0 Å². The summed E-state index contributed by atoms with van der Waals surface area (Å²) in [6.07, 6.45) is 0. The number of amides is 1. The van der Waals surface area contributed by atoms with Crippen molar-refractivity contribution in [2.24, 2.45) is 7.05 Å². The minimum Gasteiger partial charge on any atom is -0.320 e. The van der Waals surface area contributed by atoms with Crippen molar-refractivity contribution in [1.82, 2.24) is 9.78 Å². The first-order valence-corrected chi connectivity index (χ1v) is 4.94. The number of nitrogens with zero attached hydrogens (tertiary/aromatic N) is 2. The Kier molecular flexibility index (Phi) is 1.35. The number of aromatic nitrogens is 2. The number of halogens is 1. The minimum absolute atomic E-state index is 0.122. The monoisotopic (exact) mass is 251 g/mol. The normalized spacial score (nSPS) is 13.7. The van der Waals surface area contributed by atoms with Gasteiger partial charge in [-0.05, 0) is 28.1 Å². The Labute approximate surface area is 88.0 Å². The second kappa shape index (κ2) is 2.36. The summed E-state index contributed by atoms with van der Waals surface area (Å²) in [4.78, 5) is 11.5. The highest BCUT2D eigenvalue weighted by molar-refractivity contribution is 9.10. The molecule has 1 aromatic carbocycles. The summed E-state index contributed by atoms with van der Waals surface area (Å²) in [6, 6.07) is 3.79. The highest BCUT2D eigenvalue weighted by Crippen LogP contribution is 2.36. The van der Waals surface area contributed by atoms with Gasteiger partial charge in [-0.1, -0.05) is 0 Å². The first kappa shape index (κ1) is 7.99. The molecule has 3 rings (SSSR count). The van der Waals surface area contributed by atoms with E-state index in [1.807, 2.05) is 19.2 Å². The van der Waals surface area contributed by atoms with Crippen molar-refractivity contribution < 1.29 is 4.79 Å². The third-order valence-corrected chi connectivity index (χ3v) is 3.04. The largest absolute Gasteiger partial charge is 0.320 e. The number of anilines is 1. The van der Waals surface area contributed by atoms with Gasteiger partial charge in [-0.15, -0.1) is 0 Å². The second-order valence-corrected chi connectivity index (χ2v) is 4.10. The molecule has 0 unspecified atom stereocenters. The molecule has 0 saturated heterocycles. The maximum absolute atomic E-state index is 11.5. The smallest absolute Gasteiger partial charge is 0.276 e. The van der Waals surface area contributed by atoms with E-state index in [4.69, 9.17) is 0 Å². The Balaban J connectivity index is 2.60. The Bertz CT molecular complexity index is 573. The molecule has 0 radical (unpaired) electrons. The predicted octanol–water partition coefficient (Wildman–Crippen LogP) is 1.90. The first-order valence-electron chi connectivity index (χ1n) is 4.15. The average Bonchev–Trinajstić information content (AvgIpc) is 2.62. The van der Waals surface area contributed by atoms with Crippen LogP contribution in [0.4, 0.5) is 5.69 Å². The van der Waals surface area contributed by atoms with Gasteiger partial charge in [-0.3, -0.25) is 9.48 Å². The maximum Gasteiger partial charge on any atom is 0.276 e. The fourth-order valence-corrected chi connectivity index (χ4v) is 2.40. The van der Waals surface area contributed by atoms with E-state index in [-0.39, 0.29) is 5.91 Å². The number of aryl methyl sites for hydroxylation is 1. The van der Waals surface area contributed by atoms with Crippen LogP contribution in [0.1, 0.15) is 10.5 Å². The van der Waals surface area contributed by atoms with Gasteiger partial charge in [0.15, 0.2) is 5.69 Å². The fraction of sp³-hybridized carbons (Fsp3) is 0.111. The molecule has 1 amide bonds. The Morgan fingerprint density at radius 3 is 3.07 bits per heavy atom. The molecule has 0 aliphatic carbocycles. The van der Waals surface area contributed by atoms with Crippen LogP contribution in [-0.4, -0.2) is 15.7 Å². The number of benzene rings is 1. The predicted molar refractivity (Wildman–Crippen MR) is 56.4 cm³/mol. The molecule has 1 aromatic heterocycles. The zero-order valence-corrected chi connectivity index (χ0v) is 8.92. The van der Waals surface area contributed by atoms with Crippen LogP contribution in [0.25, 0.3) is 10.9 Å². The lowest BCUT2D eigenvalue weighted by Gasteiger charge is -2.01. The van der Waals surface area contributed by atoms with E-state index < -0.39 is 0 Å². The molecule has 0 saturated carbocycles. The number of carbonyl (C=O) groups excluding carboxylic acids is 1. The van der Waals surface area contributed by atoms with Crippen molar-refractivity contribution in [3.05, 3.63) is 22.3 Å². The SMILES string of the molecule is Cn1nc2c3c(ccc(Br)c31)NC2=O. The van der Waals surface area contributed by atoms with Crippen LogP contribution in [0.5, 0.6) is 0 Å². The zero-order chi connectivity index (χ0) is 9.87. The quantitative estimate of drug-likeness (QED) is 0.778. The molecule has 0 atom stereocenters. The molecule has 4 nitrogen and oxygen atoms in total. The molecule has 0 bridgehead atoms. The number of hydrogen-bond acceptors (Lipinski definition) is 2. The van der Waals surface area contributed by atoms with Crippen molar-refractivity contribution in [3.63, 3.8) is 0 Å². The number of rotatable bonds is 0. The maximum atomic E-state index is 11.5. The summed E-state index contributed by atoms with van der Waals surface area (Å²) < 4.78 is 2.67. The summed E-state index contributed by atoms with van der Waals surface area (Å²) in [5.41, 5.74) is 2.31. The molecule has 5 heteroatoms. The van der Waals surface area contributed by atoms with E-state index in [0.717, 1.165) is 21.1 Å². The van der Waals surface area contributed by atoms with Gasteiger partial charge in [0.05, 0.1) is 16.6 Å². The summed E-state index contributed by atoms with van der Waals surface area (Å²) >= 11 is 3.44. The van der Waals surface area contributed by atoms with Crippen molar-refractivity contribution in [1.29, 1.82) is 0 Å². The topological polar surface area (TPSA) is 46.9 Å². The summed E-state index contributed by atoms with van der Waals surface area (Å²) in [7, 11) is 1.83. The van der Waals surface area contributed by atoms with Gasteiger partial charge in [0.1, 0.15) is 0 Å². The van der Waals surface area contributed by atoms with Crippen LogP contribution in [0, 0.1) is 0 Å². The molecule has 1 aliphatic heterocycles. The fourth-order valence-electron chi connectivity index (χ4n) is 1.82. The number of carbonyl (C=O) groups is 1. The van der Waals surface area contributed by atoms with Crippen molar-refractivity contribution >= 4 is 38.4 Å². The van der Waals surface area contributed by atoms with Crippen molar-refractivity contribution in [2.75, 3.05) is 5.32 Å². The summed E-state index contributed by atoms with van der Waals surface area (Å²) in [5.74, 6) is -0.122. The van der Waals surface area contributed by atoms with Crippen LogP contribution in [0.15, 0.2) is 16.6 Å². The number of hydrogen-bond donors (Lipinski definition) is 1. The van der Waals surface area contributed by atoms with Gasteiger partial charge in [-0.25, -0.2) is 0 Å². The average molecular weight is 252 g/mol. The van der Waals surface area contributed by atoms with E-state index in [0.29, 0.717) is 5.69 Å². The summed E-state index contributed by atoms with van der Waals surface area (Å²) in [6.45, 7) is 0. The van der Waals surface area contributed by atoms with Crippen LogP contribution in [-0.2, 0) is 7.05 Å². The van der Waals surface area contributed by atoms with Gasteiger partial charge in [0.2, 0.25) is 0 Å². The van der Waals surface area contributed by atoms with E-state index in [1.54, 1.807) is 4.68 Å². The molecule has 1 N–H and O–H groups in total. The van der Waals surface area contributed by atoms with Gasteiger partial charge in [-0.2, -0.15) is 5.10 Å². The van der Waals surface area contributed by atoms with Gasteiger partial charge in [0.25, 0.3) is 5.91 Å². The van der Waals surface area contributed by atoms with Crippen LogP contribution >= 0.6 is 15.9 Å². The number of nitrogens with one attached hydrogen (secondary N) is 1. The Morgan fingerprint density at radius 1 is 1.50 bits per heavy atom. The molecule has 14 heavy (non-hydrogen) atoms. The second-order valence-electron chi connectivity index (χ2n) is 3.24. The molecule has 70 valence electrons. The molecule has 2 aromatic rings. The van der Waals surface area contributed by atoms with Crippen molar-refractivity contribution in [3.8, 4) is 0 Å². The van der Waals surface area contributed by atoms with Crippen LogP contribution in [0.2, 0.25) is 0 Å². The van der Waals surface area contributed by atoms with E-state index in [1.165, 1.54) is 0 Å². The third kappa shape index (κ3) is 0.778. The molecular formula is C9H6BrN3O. The first-order chi connectivity index (χ1) is 6.68. The van der Waals surface area contributed by atoms with Crippen LogP contribution in [0.3, 0.4) is 0 Å². The van der Waals surface area contributed by atoms with Crippen molar-refractivity contribution in [2.45, 2.75) is 0 Å². The molecule has 1 aliphatic rings. The van der Waals surface area contributed by atoms with Gasteiger partial charge in [0, 0.05) is 11.5 Å². The molecule has 0 spiro atoms. The van der Waals surface area contributed by atoms with E-state index in [2.05, 4.69) is 26.3 Å². The highest BCUT2D eigenvalue weighted by atomic mass is 79.9. The standard InChI is InChI=1S/C9H6BrN3O/c1-13-8-4(10)2-3-5-6(8)7(12-13)9(14)11-5/h2-3H,1H3,(H,11,14). The molecular weight excluding hydrogens is 246 g/mol. The third-order valence-electron chi connectivity index (χ3n) is 2.40. The lowest BCUT2D eigenvalue weighted by atomic mass is 10.2. The summed E-state index contributed by atoms with van der Waals surface area (Å²) in [5, 5.41) is 7.86. The van der Waals surface area contributed by atoms with Gasteiger partial charge >= 0.3 is 0 Å². The Morgan fingerprint density at radius 2 is 2.29 bits per heavy atom. The van der Waals surface area contributed by atoms with Crippen LogP contribution < -0.4 is 5.32 Å². The lowest BCUT2D eigenvalue weighted by Crippen LogP contribution is -2.07. The lowest BCUT2D eigenvalue weighted by molar-refractivity contribution is 0.102. The van der Waals surface area contributed by atoms with Gasteiger partial charge < -0.3 is 5.32 Å². The zero-order valence-electron chi connectivity index (χ0n) is 7.34.